The molecule has 7 heteroatoms. The van der Waals surface area contributed by atoms with Gasteiger partial charge in [-0.2, -0.15) is 5.10 Å². The lowest BCUT2D eigenvalue weighted by molar-refractivity contribution is -0.0190. The van der Waals surface area contributed by atoms with E-state index in [1.807, 2.05) is 41.4 Å². The number of ether oxygens (including phenoxy) is 2. The first-order chi connectivity index (χ1) is 14.5. The third-order valence-electron chi connectivity index (χ3n) is 5.39. The van der Waals surface area contributed by atoms with Gasteiger partial charge in [-0.15, -0.1) is 0 Å². The van der Waals surface area contributed by atoms with E-state index in [0.29, 0.717) is 11.4 Å². The Morgan fingerprint density at radius 2 is 1.93 bits per heavy atom. The Kier molecular flexibility index (Phi) is 4.91. The van der Waals surface area contributed by atoms with Crippen LogP contribution in [0, 0.1) is 5.82 Å². The fraction of sp³-hybridized carbons (Fsp3) is 0.174. The average Bonchev–Trinajstić information content (AvgIpc) is 3.19. The van der Waals surface area contributed by atoms with Crippen LogP contribution in [0.2, 0.25) is 5.02 Å². The first kappa shape index (κ1) is 19.4. The number of hydrogen-bond acceptors (Lipinski definition) is 4. The molecule has 0 amide bonds. The molecule has 0 fully saturated rings. The molecule has 152 valence electrons. The first-order valence-corrected chi connectivity index (χ1v) is 10.6. The highest BCUT2D eigenvalue weighted by molar-refractivity contribution is 9.10. The molecule has 0 aromatic heterocycles. The fourth-order valence-corrected chi connectivity index (χ4v) is 4.67. The summed E-state index contributed by atoms with van der Waals surface area (Å²) in [5.74, 6) is 1.26. The van der Waals surface area contributed by atoms with E-state index in [1.54, 1.807) is 19.2 Å². The van der Waals surface area contributed by atoms with Crippen LogP contribution in [-0.2, 0) is 0 Å². The van der Waals surface area contributed by atoms with E-state index >= 15 is 0 Å². The molecule has 0 bridgehead atoms. The molecule has 2 heterocycles. The second kappa shape index (κ2) is 7.60. The molecule has 30 heavy (non-hydrogen) atoms. The summed E-state index contributed by atoms with van der Waals surface area (Å²) >= 11 is 9.83. The molecular formula is C23H17BrClFN2O2. The largest absolute Gasteiger partial charge is 0.496 e. The molecule has 0 saturated heterocycles. The maximum Gasteiger partial charge on any atom is 0.213 e. The second-order valence-electron chi connectivity index (χ2n) is 7.20. The van der Waals surface area contributed by atoms with Crippen LogP contribution < -0.4 is 9.47 Å². The van der Waals surface area contributed by atoms with Gasteiger partial charge in [-0.3, -0.25) is 0 Å². The standard InChI is InChI=1S/C23H17BrClFN2O2/c1-29-22-8-4-14(10-18(22)24)23-28-20(17-11-15(25)5-9-21(17)30-23)12-19(27-28)13-2-6-16(26)7-3-13/h2-11,20,23H,12H2,1H3/t20-,23+/m1/s1. The summed E-state index contributed by atoms with van der Waals surface area (Å²) < 4.78 is 25.9. The number of methoxy groups -OCH3 is 1. The maximum absolute atomic E-state index is 13.4. The quantitative estimate of drug-likeness (QED) is 0.423. The average molecular weight is 488 g/mol. The van der Waals surface area contributed by atoms with E-state index in [2.05, 4.69) is 15.9 Å². The lowest BCUT2D eigenvalue weighted by Crippen LogP contribution is -2.33. The van der Waals surface area contributed by atoms with Crippen molar-refractivity contribution in [3.05, 3.63) is 92.7 Å². The molecule has 2 aliphatic rings. The summed E-state index contributed by atoms with van der Waals surface area (Å²) in [6.45, 7) is 0. The van der Waals surface area contributed by atoms with Gasteiger partial charge in [-0.05, 0) is 70.0 Å². The van der Waals surface area contributed by atoms with Crippen molar-refractivity contribution >= 4 is 33.2 Å². The monoisotopic (exact) mass is 486 g/mol. The van der Waals surface area contributed by atoms with Crippen molar-refractivity contribution in [3.63, 3.8) is 0 Å². The number of benzene rings is 3. The summed E-state index contributed by atoms with van der Waals surface area (Å²) in [4.78, 5) is 0. The number of halogens is 3. The second-order valence-corrected chi connectivity index (χ2v) is 8.49. The summed E-state index contributed by atoms with van der Waals surface area (Å²) in [7, 11) is 1.63. The molecule has 5 rings (SSSR count). The molecule has 0 unspecified atom stereocenters. The van der Waals surface area contributed by atoms with Crippen molar-refractivity contribution in [1.82, 2.24) is 5.01 Å². The van der Waals surface area contributed by atoms with Crippen LogP contribution in [0.15, 0.2) is 70.2 Å². The Labute approximate surface area is 187 Å². The van der Waals surface area contributed by atoms with Gasteiger partial charge in [0.2, 0.25) is 6.23 Å². The smallest absolute Gasteiger partial charge is 0.213 e. The molecule has 4 nitrogen and oxygen atoms in total. The summed E-state index contributed by atoms with van der Waals surface area (Å²) in [5.41, 5.74) is 3.71. The summed E-state index contributed by atoms with van der Waals surface area (Å²) in [5, 5.41) is 7.50. The molecule has 2 atom stereocenters. The topological polar surface area (TPSA) is 34.1 Å². The fourth-order valence-electron chi connectivity index (χ4n) is 3.93. The predicted molar refractivity (Wildman–Crippen MR) is 118 cm³/mol. The van der Waals surface area contributed by atoms with Crippen LogP contribution >= 0.6 is 27.5 Å². The summed E-state index contributed by atoms with van der Waals surface area (Å²) in [6.07, 6.45) is 0.264. The molecule has 2 aliphatic heterocycles. The van der Waals surface area contributed by atoms with Crippen LogP contribution in [0.3, 0.4) is 0 Å². The highest BCUT2D eigenvalue weighted by Gasteiger charge is 2.41. The minimum atomic E-state index is -0.413. The molecule has 0 saturated carbocycles. The van der Waals surface area contributed by atoms with E-state index in [0.717, 1.165) is 38.4 Å². The lowest BCUT2D eigenvalue weighted by atomic mass is 9.96. The van der Waals surface area contributed by atoms with Gasteiger partial charge < -0.3 is 9.47 Å². The summed E-state index contributed by atoms with van der Waals surface area (Å²) in [6, 6.07) is 17.9. The van der Waals surface area contributed by atoms with E-state index in [-0.39, 0.29) is 11.9 Å². The van der Waals surface area contributed by atoms with Crippen molar-refractivity contribution in [1.29, 1.82) is 0 Å². The molecule has 3 aromatic carbocycles. The van der Waals surface area contributed by atoms with Crippen LogP contribution in [-0.4, -0.2) is 17.8 Å². The third-order valence-corrected chi connectivity index (χ3v) is 6.25. The van der Waals surface area contributed by atoms with Crippen molar-refractivity contribution in [2.45, 2.75) is 18.7 Å². The molecule has 0 spiro atoms. The first-order valence-electron chi connectivity index (χ1n) is 9.45. The Bertz CT molecular complexity index is 1150. The lowest BCUT2D eigenvalue weighted by Gasteiger charge is -2.38. The minimum Gasteiger partial charge on any atom is -0.496 e. The predicted octanol–water partition coefficient (Wildman–Crippen LogP) is 6.49. The molecule has 0 N–H and O–H groups in total. The zero-order chi connectivity index (χ0) is 20.8. The Hall–Kier alpha value is -2.57. The van der Waals surface area contributed by atoms with Crippen molar-refractivity contribution in [2.75, 3.05) is 7.11 Å². The van der Waals surface area contributed by atoms with Gasteiger partial charge in [0.15, 0.2) is 0 Å². The van der Waals surface area contributed by atoms with Gasteiger partial charge >= 0.3 is 0 Å². The Balaban J connectivity index is 1.59. The molecule has 3 aromatic rings. The zero-order valence-corrected chi connectivity index (χ0v) is 18.3. The van der Waals surface area contributed by atoms with Crippen LogP contribution in [0.5, 0.6) is 11.5 Å². The van der Waals surface area contributed by atoms with E-state index in [1.165, 1.54) is 12.1 Å². The van der Waals surface area contributed by atoms with E-state index in [4.69, 9.17) is 26.2 Å². The zero-order valence-electron chi connectivity index (χ0n) is 16.0. The van der Waals surface area contributed by atoms with Gasteiger partial charge in [0.05, 0.1) is 23.3 Å². The highest BCUT2D eigenvalue weighted by Crippen LogP contribution is 2.48. The van der Waals surface area contributed by atoms with E-state index < -0.39 is 6.23 Å². The number of rotatable bonds is 3. The van der Waals surface area contributed by atoms with Gasteiger partial charge in [-0.1, -0.05) is 23.7 Å². The molecule has 0 aliphatic carbocycles. The minimum absolute atomic E-state index is 0.0293. The van der Waals surface area contributed by atoms with Gasteiger partial charge in [0, 0.05) is 22.6 Å². The SMILES string of the molecule is COc1ccc([C@@H]2Oc3ccc(Cl)cc3[C@H]3CC(c4ccc(F)cc4)=NN32)cc1Br. The van der Waals surface area contributed by atoms with Crippen LogP contribution in [0.1, 0.15) is 35.4 Å². The van der Waals surface area contributed by atoms with Gasteiger partial charge in [0.25, 0.3) is 0 Å². The van der Waals surface area contributed by atoms with Gasteiger partial charge in [0.1, 0.15) is 17.3 Å². The van der Waals surface area contributed by atoms with Gasteiger partial charge in [-0.25, -0.2) is 9.40 Å². The Morgan fingerprint density at radius 3 is 2.67 bits per heavy atom. The number of fused-ring (bicyclic) bond motifs is 3. The number of hydrazone groups is 1. The highest BCUT2D eigenvalue weighted by atomic mass is 79.9. The molecular weight excluding hydrogens is 471 g/mol. The maximum atomic E-state index is 13.4. The number of nitrogens with zero attached hydrogens (tertiary/aromatic N) is 2. The van der Waals surface area contributed by atoms with Crippen molar-refractivity contribution in [3.8, 4) is 11.5 Å². The van der Waals surface area contributed by atoms with Crippen LogP contribution in [0.4, 0.5) is 4.39 Å². The molecule has 0 radical (unpaired) electrons. The van der Waals surface area contributed by atoms with Crippen LogP contribution in [0.25, 0.3) is 0 Å². The Morgan fingerprint density at radius 1 is 1.13 bits per heavy atom. The number of hydrogen-bond donors (Lipinski definition) is 0. The third kappa shape index (κ3) is 3.34. The van der Waals surface area contributed by atoms with Crippen molar-refractivity contribution in [2.24, 2.45) is 5.10 Å². The normalized spacial score (nSPS) is 19.6. The van der Waals surface area contributed by atoms with E-state index in [9.17, 15) is 4.39 Å². The van der Waals surface area contributed by atoms with Crippen molar-refractivity contribution < 1.29 is 13.9 Å².